The summed E-state index contributed by atoms with van der Waals surface area (Å²) >= 11 is 5.58. The normalized spacial score (nSPS) is 11.0. The zero-order chi connectivity index (χ0) is 18.6. The number of para-hydroxylation sites is 1. The average molecular weight is 367 g/mol. The largest absolute Gasteiger partial charge is 0.493 e. The predicted octanol–water partition coefficient (Wildman–Crippen LogP) is 7.03. The smallest absolute Gasteiger partial charge is 0.126 e. The lowest BCUT2D eigenvalue weighted by Crippen LogP contribution is -1.99. The van der Waals surface area contributed by atoms with Crippen LogP contribution >= 0.6 is 12.2 Å². The summed E-state index contributed by atoms with van der Waals surface area (Å²) < 4.78 is 5.97. The minimum absolute atomic E-state index is 0.772. The standard InChI is InChI=1S/C24H30OS/c1-3-5-6-9-19-25-23-12-8-7-11-21(23)17-18-24(26)22-15-13-20(10-4-2)14-16-22/h7-8,11-18H,3-6,9-10,19H2,1-2H3. The quantitative estimate of drug-likeness (QED) is 0.183. The molecule has 1 nitrogen and oxygen atoms in total. The van der Waals surface area contributed by atoms with Crippen LogP contribution in [0.1, 0.15) is 62.6 Å². The van der Waals surface area contributed by atoms with Crippen molar-refractivity contribution in [2.45, 2.75) is 52.4 Å². The number of ether oxygens (including phenoxy) is 1. The second kappa shape index (κ2) is 11.6. The second-order valence-electron chi connectivity index (χ2n) is 6.59. The highest BCUT2D eigenvalue weighted by Gasteiger charge is 2.02. The van der Waals surface area contributed by atoms with E-state index < -0.39 is 0 Å². The summed E-state index contributed by atoms with van der Waals surface area (Å²) in [6.45, 7) is 5.19. The first kappa shape index (κ1) is 20.4. The number of allylic oxidation sites excluding steroid dienone is 1. The van der Waals surface area contributed by atoms with Crippen LogP contribution in [0.3, 0.4) is 0 Å². The third kappa shape index (κ3) is 6.76. The molecule has 0 aromatic heterocycles. The number of aryl methyl sites for hydroxylation is 1. The average Bonchev–Trinajstić information content (AvgIpc) is 2.67. The van der Waals surface area contributed by atoms with E-state index in [0.717, 1.165) is 41.2 Å². The maximum Gasteiger partial charge on any atom is 0.126 e. The minimum atomic E-state index is 0.772. The van der Waals surface area contributed by atoms with E-state index in [1.807, 2.05) is 24.3 Å². The van der Waals surface area contributed by atoms with Gasteiger partial charge in [0.25, 0.3) is 0 Å². The van der Waals surface area contributed by atoms with Gasteiger partial charge >= 0.3 is 0 Å². The van der Waals surface area contributed by atoms with Crippen LogP contribution < -0.4 is 4.74 Å². The van der Waals surface area contributed by atoms with Crippen LogP contribution in [0, 0.1) is 0 Å². The van der Waals surface area contributed by atoms with Crippen molar-refractivity contribution in [3.63, 3.8) is 0 Å². The van der Waals surface area contributed by atoms with Gasteiger partial charge < -0.3 is 4.74 Å². The topological polar surface area (TPSA) is 9.23 Å². The first-order valence-corrected chi connectivity index (χ1v) is 10.2. The summed E-state index contributed by atoms with van der Waals surface area (Å²) in [5.41, 5.74) is 3.53. The fraction of sp³-hybridized carbons (Fsp3) is 0.375. The van der Waals surface area contributed by atoms with Crippen LogP contribution in [0.5, 0.6) is 5.75 Å². The van der Waals surface area contributed by atoms with Crippen LogP contribution in [0.2, 0.25) is 0 Å². The molecule has 0 saturated carbocycles. The van der Waals surface area contributed by atoms with Gasteiger partial charge in [-0.1, -0.05) is 94.2 Å². The molecule has 0 radical (unpaired) electrons. The van der Waals surface area contributed by atoms with Crippen molar-refractivity contribution < 1.29 is 4.74 Å². The molecule has 0 N–H and O–H groups in total. The fourth-order valence-corrected chi connectivity index (χ4v) is 3.05. The highest BCUT2D eigenvalue weighted by Crippen LogP contribution is 2.20. The molecular weight excluding hydrogens is 336 g/mol. The molecule has 26 heavy (non-hydrogen) atoms. The van der Waals surface area contributed by atoms with E-state index in [9.17, 15) is 0 Å². The maximum absolute atomic E-state index is 5.97. The lowest BCUT2D eigenvalue weighted by atomic mass is 10.1. The Hall–Kier alpha value is -1.93. The third-order valence-corrected chi connectivity index (χ3v) is 4.74. The van der Waals surface area contributed by atoms with Gasteiger partial charge in [-0.3, -0.25) is 0 Å². The van der Waals surface area contributed by atoms with Crippen molar-refractivity contribution in [2.75, 3.05) is 6.61 Å². The monoisotopic (exact) mass is 366 g/mol. The Kier molecular flexibility index (Phi) is 9.13. The molecule has 0 amide bonds. The van der Waals surface area contributed by atoms with Crippen LogP contribution in [-0.2, 0) is 6.42 Å². The van der Waals surface area contributed by atoms with Crippen molar-refractivity contribution in [2.24, 2.45) is 0 Å². The first-order valence-electron chi connectivity index (χ1n) is 9.77. The van der Waals surface area contributed by atoms with E-state index in [-0.39, 0.29) is 0 Å². The summed E-state index contributed by atoms with van der Waals surface area (Å²) in [4.78, 5) is 0.853. The van der Waals surface area contributed by atoms with Gasteiger partial charge in [0.05, 0.1) is 6.61 Å². The Bertz CT molecular complexity index is 700. The summed E-state index contributed by atoms with van der Waals surface area (Å²) in [5, 5.41) is 0. The SMILES string of the molecule is CCCCCCOc1ccccc1C=CC(=S)c1ccc(CCC)cc1. The van der Waals surface area contributed by atoms with Gasteiger partial charge in [0.2, 0.25) is 0 Å². The highest BCUT2D eigenvalue weighted by atomic mass is 32.1. The van der Waals surface area contributed by atoms with Gasteiger partial charge in [-0.15, -0.1) is 0 Å². The minimum Gasteiger partial charge on any atom is -0.493 e. The fourth-order valence-electron chi connectivity index (χ4n) is 2.85. The van der Waals surface area contributed by atoms with Gasteiger partial charge in [0.1, 0.15) is 5.75 Å². The van der Waals surface area contributed by atoms with Crippen LogP contribution in [0.4, 0.5) is 0 Å². The van der Waals surface area contributed by atoms with Crippen LogP contribution in [-0.4, -0.2) is 11.5 Å². The first-order chi connectivity index (χ1) is 12.7. The molecule has 0 unspecified atom stereocenters. The van der Waals surface area contributed by atoms with Crippen LogP contribution in [0.25, 0.3) is 6.08 Å². The Balaban J connectivity index is 1.97. The lowest BCUT2D eigenvalue weighted by Gasteiger charge is -2.09. The third-order valence-electron chi connectivity index (χ3n) is 4.37. The summed E-state index contributed by atoms with van der Waals surface area (Å²) in [7, 11) is 0. The lowest BCUT2D eigenvalue weighted by molar-refractivity contribution is 0.304. The highest BCUT2D eigenvalue weighted by molar-refractivity contribution is 7.81. The Morgan fingerprint density at radius 3 is 2.42 bits per heavy atom. The number of hydrogen-bond acceptors (Lipinski definition) is 2. The van der Waals surface area contributed by atoms with Crippen molar-refractivity contribution >= 4 is 23.2 Å². The molecule has 0 atom stereocenters. The molecule has 0 aliphatic rings. The molecular formula is C24H30OS. The van der Waals surface area contributed by atoms with E-state index in [4.69, 9.17) is 17.0 Å². The van der Waals surface area contributed by atoms with Gasteiger partial charge in [0.15, 0.2) is 0 Å². The molecule has 138 valence electrons. The van der Waals surface area contributed by atoms with Crippen molar-refractivity contribution in [1.29, 1.82) is 0 Å². The van der Waals surface area contributed by atoms with Crippen molar-refractivity contribution in [3.8, 4) is 5.75 Å². The molecule has 0 bridgehead atoms. The summed E-state index contributed by atoms with van der Waals surface area (Å²) in [6.07, 6.45) is 11.2. The van der Waals surface area contributed by atoms with Gasteiger partial charge in [0, 0.05) is 10.4 Å². The molecule has 2 rings (SSSR count). The Morgan fingerprint density at radius 1 is 0.923 bits per heavy atom. The molecule has 0 aliphatic carbocycles. The molecule has 0 saturated heterocycles. The number of unbranched alkanes of at least 4 members (excludes halogenated alkanes) is 3. The Morgan fingerprint density at radius 2 is 1.69 bits per heavy atom. The van der Waals surface area contributed by atoms with E-state index >= 15 is 0 Å². The number of benzene rings is 2. The van der Waals surface area contributed by atoms with E-state index in [2.05, 4.69) is 50.3 Å². The van der Waals surface area contributed by atoms with E-state index in [0.29, 0.717) is 0 Å². The maximum atomic E-state index is 5.97. The number of hydrogen-bond donors (Lipinski definition) is 0. The van der Waals surface area contributed by atoms with E-state index in [1.165, 1.54) is 31.2 Å². The molecule has 2 heteroatoms. The zero-order valence-electron chi connectivity index (χ0n) is 16.0. The molecule has 0 spiro atoms. The molecule has 0 fully saturated rings. The van der Waals surface area contributed by atoms with Gasteiger partial charge in [-0.05, 0) is 42.2 Å². The van der Waals surface area contributed by atoms with Crippen molar-refractivity contribution in [1.82, 2.24) is 0 Å². The number of thiocarbonyl (C=S) groups is 1. The number of rotatable bonds is 11. The van der Waals surface area contributed by atoms with Gasteiger partial charge in [-0.25, -0.2) is 0 Å². The second-order valence-corrected chi connectivity index (χ2v) is 7.03. The zero-order valence-corrected chi connectivity index (χ0v) is 16.9. The molecule has 0 heterocycles. The van der Waals surface area contributed by atoms with Crippen molar-refractivity contribution in [3.05, 3.63) is 71.3 Å². The molecule has 0 aliphatic heterocycles. The summed E-state index contributed by atoms with van der Waals surface area (Å²) in [6, 6.07) is 16.7. The van der Waals surface area contributed by atoms with E-state index in [1.54, 1.807) is 0 Å². The van der Waals surface area contributed by atoms with Crippen LogP contribution in [0.15, 0.2) is 54.6 Å². The molecule has 2 aromatic carbocycles. The molecule has 2 aromatic rings. The summed E-state index contributed by atoms with van der Waals surface area (Å²) in [5.74, 6) is 0.932. The van der Waals surface area contributed by atoms with Gasteiger partial charge in [-0.2, -0.15) is 0 Å². The Labute approximate surface area is 164 Å². The predicted molar refractivity (Wildman–Crippen MR) is 117 cm³/mol.